The second-order valence-corrected chi connectivity index (χ2v) is 6.35. The molecule has 0 atom stereocenters. The van der Waals surface area contributed by atoms with Gasteiger partial charge in [0.1, 0.15) is 5.69 Å². The lowest BCUT2D eigenvalue weighted by Gasteiger charge is -2.23. The molecule has 4 aromatic rings. The average Bonchev–Trinajstić information content (AvgIpc) is 3.18. The number of carbonyl (C=O) groups is 2. The van der Waals surface area contributed by atoms with Crippen LogP contribution in [-0.4, -0.2) is 23.3 Å². The van der Waals surface area contributed by atoms with E-state index < -0.39 is 0 Å². The van der Waals surface area contributed by atoms with Gasteiger partial charge in [0.15, 0.2) is 0 Å². The molecule has 0 saturated heterocycles. The van der Waals surface area contributed by atoms with Crippen LogP contribution >= 0.6 is 0 Å². The quantitative estimate of drug-likeness (QED) is 0.552. The van der Waals surface area contributed by atoms with E-state index in [0.29, 0.717) is 5.69 Å². The number of nitrogens with zero attached hydrogens (tertiary/aromatic N) is 1. The van der Waals surface area contributed by atoms with Gasteiger partial charge in [0, 0.05) is 22.3 Å². The molecule has 138 valence electrons. The predicted octanol–water partition coefficient (Wildman–Crippen LogP) is 4.26. The summed E-state index contributed by atoms with van der Waals surface area (Å²) in [5, 5.41) is 3.67. The maximum absolute atomic E-state index is 13.0. The van der Waals surface area contributed by atoms with Crippen molar-refractivity contribution in [3.05, 3.63) is 96.7 Å². The van der Waals surface area contributed by atoms with E-state index in [-0.39, 0.29) is 18.4 Å². The maximum atomic E-state index is 13.0. The van der Waals surface area contributed by atoms with E-state index in [0.717, 1.165) is 22.3 Å². The normalized spacial score (nSPS) is 10.6. The Labute approximate surface area is 162 Å². The third-order valence-electron chi connectivity index (χ3n) is 4.45. The molecule has 0 aliphatic heterocycles. The third-order valence-corrected chi connectivity index (χ3v) is 4.45. The van der Waals surface area contributed by atoms with Crippen LogP contribution in [0.25, 0.3) is 10.9 Å². The zero-order valence-corrected chi connectivity index (χ0v) is 15.1. The van der Waals surface area contributed by atoms with Crippen LogP contribution in [0.4, 0.5) is 11.4 Å². The van der Waals surface area contributed by atoms with Crippen molar-refractivity contribution in [2.75, 3.05) is 11.4 Å². The van der Waals surface area contributed by atoms with Crippen molar-refractivity contribution in [3.63, 3.8) is 0 Å². The summed E-state index contributed by atoms with van der Waals surface area (Å²) >= 11 is 0. The molecule has 2 N–H and O–H groups in total. The first-order chi connectivity index (χ1) is 13.7. The van der Waals surface area contributed by atoms with Crippen LogP contribution in [0.3, 0.4) is 0 Å². The fourth-order valence-electron chi connectivity index (χ4n) is 3.12. The number of H-pyrrole nitrogens is 1. The number of aromatic amines is 1. The number of carbonyl (C=O) groups excluding carboxylic acids is 2. The average molecular weight is 369 g/mol. The minimum Gasteiger partial charge on any atom is -0.351 e. The first-order valence-corrected chi connectivity index (χ1v) is 9.01. The first kappa shape index (κ1) is 17.5. The summed E-state index contributed by atoms with van der Waals surface area (Å²) in [5.41, 5.74) is 2.81. The summed E-state index contributed by atoms with van der Waals surface area (Å²) in [6, 6.07) is 28.2. The lowest BCUT2D eigenvalue weighted by molar-refractivity contribution is -0.117. The highest BCUT2D eigenvalue weighted by atomic mass is 16.2. The molecule has 0 saturated carbocycles. The van der Waals surface area contributed by atoms with Gasteiger partial charge in [-0.15, -0.1) is 0 Å². The molecule has 4 rings (SSSR count). The highest BCUT2D eigenvalue weighted by molar-refractivity contribution is 6.05. The highest BCUT2D eigenvalue weighted by Crippen LogP contribution is 2.24. The Morgan fingerprint density at radius 3 is 1.96 bits per heavy atom. The van der Waals surface area contributed by atoms with Gasteiger partial charge in [-0.1, -0.05) is 54.6 Å². The summed E-state index contributed by atoms with van der Waals surface area (Å²) in [4.78, 5) is 30.1. The first-order valence-electron chi connectivity index (χ1n) is 9.01. The molecule has 0 fully saturated rings. The highest BCUT2D eigenvalue weighted by Gasteiger charge is 2.19. The van der Waals surface area contributed by atoms with Gasteiger partial charge in [0.25, 0.3) is 11.8 Å². The molecule has 28 heavy (non-hydrogen) atoms. The fraction of sp³-hybridized carbons (Fsp3) is 0.0435. The minimum absolute atomic E-state index is 0.113. The molecule has 2 amide bonds. The molecule has 0 bridgehead atoms. The van der Waals surface area contributed by atoms with Gasteiger partial charge >= 0.3 is 0 Å². The Morgan fingerprint density at radius 1 is 0.786 bits per heavy atom. The third kappa shape index (κ3) is 3.64. The standard InChI is InChI=1S/C23H19N3O2/c27-22(16-24-23(28)21-15-17-9-7-8-14-20(17)25-21)26(18-10-3-1-4-11-18)19-12-5-2-6-13-19/h1-15,25H,16H2,(H,24,28). The van der Waals surface area contributed by atoms with E-state index in [9.17, 15) is 9.59 Å². The van der Waals surface area contributed by atoms with Gasteiger partial charge in [-0.2, -0.15) is 0 Å². The van der Waals surface area contributed by atoms with Crippen LogP contribution in [0, 0.1) is 0 Å². The molecule has 5 nitrogen and oxygen atoms in total. The summed E-state index contributed by atoms with van der Waals surface area (Å²) in [6.45, 7) is -0.113. The van der Waals surface area contributed by atoms with Gasteiger partial charge in [-0.3, -0.25) is 14.5 Å². The number of benzene rings is 3. The molecule has 0 spiro atoms. The zero-order valence-electron chi connectivity index (χ0n) is 15.1. The summed E-state index contributed by atoms with van der Waals surface area (Å²) < 4.78 is 0. The van der Waals surface area contributed by atoms with Crippen molar-refractivity contribution in [3.8, 4) is 0 Å². The smallest absolute Gasteiger partial charge is 0.268 e. The second-order valence-electron chi connectivity index (χ2n) is 6.35. The van der Waals surface area contributed by atoms with Crippen molar-refractivity contribution in [1.29, 1.82) is 0 Å². The van der Waals surface area contributed by atoms with Crippen molar-refractivity contribution in [2.24, 2.45) is 0 Å². The van der Waals surface area contributed by atoms with E-state index >= 15 is 0 Å². The van der Waals surface area contributed by atoms with Gasteiger partial charge in [-0.25, -0.2) is 0 Å². The van der Waals surface area contributed by atoms with Gasteiger partial charge in [0.05, 0.1) is 6.54 Å². The van der Waals surface area contributed by atoms with Crippen molar-refractivity contribution in [2.45, 2.75) is 0 Å². The molecule has 0 unspecified atom stereocenters. The predicted molar refractivity (Wildman–Crippen MR) is 111 cm³/mol. The largest absolute Gasteiger partial charge is 0.351 e. The maximum Gasteiger partial charge on any atom is 0.268 e. The van der Waals surface area contributed by atoms with Gasteiger partial charge < -0.3 is 10.3 Å². The van der Waals surface area contributed by atoms with E-state index in [1.807, 2.05) is 84.9 Å². The SMILES string of the molecule is O=C(NCC(=O)N(c1ccccc1)c1ccccc1)c1cc2ccccc2[nH]1. The van der Waals surface area contributed by atoms with Crippen molar-refractivity contribution >= 4 is 34.1 Å². The second kappa shape index (κ2) is 7.80. The lowest BCUT2D eigenvalue weighted by atomic mass is 10.2. The molecular weight excluding hydrogens is 350 g/mol. The Morgan fingerprint density at radius 2 is 1.36 bits per heavy atom. The van der Waals surface area contributed by atoms with Gasteiger partial charge in [-0.05, 0) is 36.4 Å². The molecule has 0 aliphatic rings. The summed E-state index contributed by atoms with van der Waals surface area (Å²) in [7, 11) is 0. The number of aromatic nitrogens is 1. The molecule has 0 radical (unpaired) electrons. The van der Waals surface area contributed by atoms with E-state index in [2.05, 4.69) is 10.3 Å². The Balaban J connectivity index is 1.52. The number of nitrogens with one attached hydrogen (secondary N) is 2. The Bertz CT molecular complexity index is 1030. The fourth-order valence-corrected chi connectivity index (χ4v) is 3.12. The van der Waals surface area contributed by atoms with Crippen LogP contribution in [0.2, 0.25) is 0 Å². The van der Waals surface area contributed by atoms with E-state index in [1.165, 1.54) is 0 Å². The van der Waals surface area contributed by atoms with Crippen LogP contribution < -0.4 is 10.2 Å². The molecule has 1 heterocycles. The molecule has 3 aromatic carbocycles. The number of fused-ring (bicyclic) bond motifs is 1. The number of para-hydroxylation sites is 3. The van der Waals surface area contributed by atoms with Crippen LogP contribution in [0.5, 0.6) is 0 Å². The Kier molecular flexibility index (Phi) is 4.89. The molecule has 0 aliphatic carbocycles. The zero-order chi connectivity index (χ0) is 19.3. The van der Waals surface area contributed by atoms with Crippen LogP contribution in [0.1, 0.15) is 10.5 Å². The monoisotopic (exact) mass is 369 g/mol. The Hall–Kier alpha value is -3.86. The summed E-state index contributed by atoms with van der Waals surface area (Å²) in [5.74, 6) is -0.535. The number of hydrogen-bond donors (Lipinski definition) is 2. The molecule has 1 aromatic heterocycles. The number of amides is 2. The molecule has 5 heteroatoms. The van der Waals surface area contributed by atoms with Crippen molar-refractivity contribution < 1.29 is 9.59 Å². The topological polar surface area (TPSA) is 65.2 Å². The molecular formula is C23H19N3O2. The van der Waals surface area contributed by atoms with Crippen LogP contribution in [-0.2, 0) is 4.79 Å². The lowest BCUT2D eigenvalue weighted by Crippen LogP contribution is -2.38. The van der Waals surface area contributed by atoms with Gasteiger partial charge in [0.2, 0.25) is 0 Å². The van der Waals surface area contributed by atoms with E-state index in [4.69, 9.17) is 0 Å². The summed E-state index contributed by atoms with van der Waals surface area (Å²) in [6.07, 6.45) is 0. The number of rotatable bonds is 5. The number of hydrogen-bond acceptors (Lipinski definition) is 2. The van der Waals surface area contributed by atoms with Crippen LogP contribution in [0.15, 0.2) is 91.0 Å². The number of anilines is 2. The minimum atomic E-state index is -0.314. The van der Waals surface area contributed by atoms with Crippen molar-refractivity contribution in [1.82, 2.24) is 10.3 Å². The van der Waals surface area contributed by atoms with E-state index in [1.54, 1.807) is 11.0 Å².